The van der Waals surface area contributed by atoms with Gasteiger partial charge in [0, 0.05) is 24.9 Å². The Morgan fingerprint density at radius 1 is 1.37 bits per heavy atom. The lowest BCUT2D eigenvalue weighted by Crippen LogP contribution is -2.17. The Kier molecular flexibility index (Phi) is 7.18. The van der Waals surface area contributed by atoms with Crippen molar-refractivity contribution in [1.29, 1.82) is 0 Å². The molecule has 1 heterocycles. The zero-order valence-corrected chi connectivity index (χ0v) is 12.1. The minimum Gasteiger partial charge on any atom is -0.478 e. The minimum absolute atomic E-state index is 0.222. The summed E-state index contributed by atoms with van der Waals surface area (Å²) < 4.78 is 5.53. The summed E-state index contributed by atoms with van der Waals surface area (Å²) in [6.07, 6.45) is 2.79. The number of aliphatic hydroxyl groups is 1. The molecule has 5 nitrogen and oxygen atoms in total. The number of aromatic nitrogens is 2. The van der Waals surface area contributed by atoms with Gasteiger partial charge in [0.1, 0.15) is 0 Å². The summed E-state index contributed by atoms with van der Waals surface area (Å²) in [6, 6.07) is 1.84. The standard InChI is InChI=1S/C14H25N3O2/c1-4-8-19-13-9-11(3)16-14(17-13)15-10-12(5-2)6-7-18/h9,12,18H,4-8,10H2,1-3H3,(H,15,16,17). The van der Waals surface area contributed by atoms with Crippen molar-refractivity contribution in [3.8, 4) is 5.88 Å². The second-order valence-corrected chi connectivity index (χ2v) is 4.69. The lowest BCUT2D eigenvalue weighted by atomic mass is 10.0. The molecule has 0 aliphatic rings. The van der Waals surface area contributed by atoms with E-state index in [1.165, 1.54) is 0 Å². The highest BCUT2D eigenvalue weighted by molar-refractivity contribution is 5.30. The third-order valence-electron chi connectivity index (χ3n) is 2.95. The SMILES string of the molecule is CCCOc1cc(C)nc(NCC(CC)CCO)n1. The lowest BCUT2D eigenvalue weighted by Gasteiger charge is -2.15. The van der Waals surface area contributed by atoms with Gasteiger partial charge in [-0.25, -0.2) is 4.98 Å². The van der Waals surface area contributed by atoms with E-state index in [0.717, 1.165) is 31.5 Å². The molecule has 1 rings (SSSR count). The molecule has 5 heteroatoms. The predicted octanol–water partition coefficient (Wildman–Crippen LogP) is 2.39. The van der Waals surface area contributed by atoms with Gasteiger partial charge in [-0.1, -0.05) is 20.3 Å². The third-order valence-corrected chi connectivity index (χ3v) is 2.95. The Morgan fingerprint density at radius 2 is 2.16 bits per heavy atom. The van der Waals surface area contributed by atoms with Crippen molar-refractivity contribution in [3.05, 3.63) is 11.8 Å². The monoisotopic (exact) mass is 267 g/mol. The molecule has 0 amide bonds. The highest BCUT2D eigenvalue weighted by Gasteiger charge is 2.08. The van der Waals surface area contributed by atoms with Crippen LogP contribution in [0.4, 0.5) is 5.95 Å². The van der Waals surface area contributed by atoms with Crippen LogP contribution in [0, 0.1) is 12.8 Å². The average Bonchev–Trinajstić information content (AvgIpc) is 2.40. The smallest absolute Gasteiger partial charge is 0.226 e. The van der Waals surface area contributed by atoms with Crippen LogP contribution in [-0.4, -0.2) is 34.8 Å². The van der Waals surface area contributed by atoms with Crippen LogP contribution >= 0.6 is 0 Å². The maximum Gasteiger partial charge on any atom is 0.226 e. The van der Waals surface area contributed by atoms with Gasteiger partial charge < -0.3 is 15.2 Å². The fraction of sp³-hybridized carbons (Fsp3) is 0.714. The molecule has 0 bridgehead atoms. The number of hydrogen-bond donors (Lipinski definition) is 2. The number of aryl methyl sites for hydroxylation is 1. The summed E-state index contributed by atoms with van der Waals surface area (Å²) in [5, 5.41) is 12.2. The van der Waals surface area contributed by atoms with E-state index in [0.29, 0.717) is 24.4 Å². The van der Waals surface area contributed by atoms with Gasteiger partial charge in [0.25, 0.3) is 0 Å². The molecule has 1 unspecified atom stereocenters. The van der Waals surface area contributed by atoms with E-state index in [1.807, 2.05) is 13.0 Å². The van der Waals surface area contributed by atoms with Gasteiger partial charge in [-0.05, 0) is 25.7 Å². The van der Waals surface area contributed by atoms with Crippen molar-refractivity contribution >= 4 is 5.95 Å². The maximum atomic E-state index is 8.97. The van der Waals surface area contributed by atoms with E-state index < -0.39 is 0 Å². The quantitative estimate of drug-likeness (QED) is 0.719. The van der Waals surface area contributed by atoms with Crippen LogP contribution in [0.3, 0.4) is 0 Å². The summed E-state index contributed by atoms with van der Waals surface area (Å²) in [4.78, 5) is 8.67. The molecule has 108 valence electrons. The third kappa shape index (κ3) is 5.87. The van der Waals surface area contributed by atoms with Crippen LogP contribution < -0.4 is 10.1 Å². The summed E-state index contributed by atoms with van der Waals surface area (Å²) in [5.74, 6) is 1.66. The molecule has 0 aromatic carbocycles. The van der Waals surface area contributed by atoms with Crippen LogP contribution in [0.25, 0.3) is 0 Å². The first-order valence-electron chi connectivity index (χ1n) is 7.02. The summed E-state index contributed by atoms with van der Waals surface area (Å²) in [7, 11) is 0. The molecule has 19 heavy (non-hydrogen) atoms. The number of rotatable bonds is 9. The number of nitrogens with zero attached hydrogens (tertiary/aromatic N) is 2. The first kappa shape index (κ1) is 15.7. The number of nitrogens with one attached hydrogen (secondary N) is 1. The Balaban J connectivity index is 2.59. The topological polar surface area (TPSA) is 67.3 Å². The Morgan fingerprint density at radius 3 is 2.79 bits per heavy atom. The van der Waals surface area contributed by atoms with Crippen LogP contribution in [0.1, 0.15) is 38.8 Å². The number of aliphatic hydroxyl groups excluding tert-OH is 1. The van der Waals surface area contributed by atoms with E-state index in [-0.39, 0.29) is 6.61 Å². The van der Waals surface area contributed by atoms with E-state index >= 15 is 0 Å². The minimum atomic E-state index is 0.222. The zero-order chi connectivity index (χ0) is 14.1. The van der Waals surface area contributed by atoms with Crippen molar-refractivity contribution in [2.24, 2.45) is 5.92 Å². The van der Waals surface area contributed by atoms with Gasteiger partial charge in [0.2, 0.25) is 11.8 Å². The Labute approximate surface area is 115 Å². The number of ether oxygens (including phenoxy) is 1. The van der Waals surface area contributed by atoms with Crippen molar-refractivity contribution in [2.75, 3.05) is 25.1 Å². The van der Waals surface area contributed by atoms with Gasteiger partial charge in [-0.3, -0.25) is 0 Å². The van der Waals surface area contributed by atoms with E-state index in [2.05, 4.69) is 29.1 Å². The second-order valence-electron chi connectivity index (χ2n) is 4.69. The Bertz CT molecular complexity index is 372. The summed E-state index contributed by atoms with van der Waals surface area (Å²) in [5.41, 5.74) is 0.888. The van der Waals surface area contributed by atoms with Gasteiger partial charge in [0.15, 0.2) is 0 Å². The van der Waals surface area contributed by atoms with Crippen molar-refractivity contribution < 1.29 is 9.84 Å². The predicted molar refractivity (Wildman–Crippen MR) is 76.5 cm³/mol. The van der Waals surface area contributed by atoms with Gasteiger partial charge in [-0.2, -0.15) is 4.98 Å². The molecule has 1 atom stereocenters. The molecule has 0 aliphatic carbocycles. The molecule has 1 aromatic heterocycles. The normalized spacial score (nSPS) is 12.2. The number of anilines is 1. The number of hydrogen-bond acceptors (Lipinski definition) is 5. The molecule has 0 spiro atoms. The highest BCUT2D eigenvalue weighted by atomic mass is 16.5. The van der Waals surface area contributed by atoms with E-state index in [9.17, 15) is 0 Å². The van der Waals surface area contributed by atoms with E-state index in [1.54, 1.807) is 0 Å². The second kappa shape index (κ2) is 8.69. The lowest BCUT2D eigenvalue weighted by molar-refractivity contribution is 0.258. The van der Waals surface area contributed by atoms with Gasteiger partial charge >= 0.3 is 0 Å². The van der Waals surface area contributed by atoms with Crippen LogP contribution in [-0.2, 0) is 0 Å². The largest absolute Gasteiger partial charge is 0.478 e. The first-order chi connectivity index (χ1) is 9.19. The maximum absolute atomic E-state index is 8.97. The molecular formula is C14H25N3O2. The fourth-order valence-electron chi connectivity index (χ4n) is 1.77. The van der Waals surface area contributed by atoms with Crippen LogP contribution in [0.2, 0.25) is 0 Å². The Hall–Kier alpha value is -1.36. The zero-order valence-electron chi connectivity index (χ0n) is 12.1. The summed E-state index contributed by atoms with van der Waals surface area (Å²) >= 11 is 0. The highest BCUT2D eigenvalue weighted by Crippen LogP contribution is 2.14. The summed E-state index contributed by atoms with van der Waals surface area (Å²) in [6.45, 7) is 7.77. The average molecular weight is 267 g/mol. The van der Waals surface area contributed by atoms with Crippen molar-refractivity contribution in [1.82, 2.24) is 9.97 Å². The molecule has 0 radical (unpaired) electrons. The molecule has 0 fully saturated rings. The van der Waals surface area contributed by atoms with Crippen molar-refractivity contribution in [2.45, 2.75) is 40.0 Å². The molecule has 1 aromatic rings. The molecule has 0 saturated carbocycles. The first-order valence-corrected chi connectivity index (χ1v) is 7.02. The molecule has 0 aliphatic heterocycles. The van der Waals surface area contributed by atoms with Crippen LogP contribution in [0.15, 0.2) is 6.07 Å². The van der Waals surface area contributed by atoms with Crippen LogP contribution in [0.5, 0.6) is 5.88 Å². The fourth-order valence-corrected chi connectivity index (χ4v) is 1.77. The molecule has 0 saturated heterocycles. The molecule has 2 N–H and O–H groups in total. The van der Waals surface area contributed by atoms with Gasteiger partial charge in [0.05, 0.1) is 6.61 Å². The van der Waals surface area contributed by atoms with Crippen molar-refractivity contribution in [3.63, 3.8) is 0 Å². The van der Waals surface area contributed by atoms with Gasteiger partial charge in [-0.15, -0.1) is 0 Å². The van der Waals surface area contributed by atoms with E-state index in [4.69, 9.17) is 9.84 Å². The molecular weight excluding hydrogens is 242 g/mol.